The third kappa shape index (κ3) is 13.9. The van der Waals surface area contributed by atoms with Crippen molar-refractivity contribution in [2.75, 3.05) is 0 Å². The molecule has 126 heavy (non-hydrogen) atoms. The van der Waals surface area contributed by atoms with Crippen LogP contribution in [0.3, 0.4) is 0 Å². The molecular formula is C109H65N13O4. The maximum atomic E-state index is 6.57. The molecule has 8 aromatic heterocycles. The van der Waals surface area contributed by atoms with E-state index in [4.69, 9.17) is 72.5 Å². The zero-order valence-electron chi connectivity index (χ0n) is 67.0. The van der Waals surface area contributed by atoms with Crippen LogP contribution in [-0.2, 0) is 0 Å². The summed E-state index contributed by atoms with van der Waals surface area (Å²) in [4.78, 5) is 62.6. The highest BCUT2D eigenvalue weighted by Gasteiger charge is 2.24. The standard InChI is InChI=1S/C40H24N4O.C38H22N4O2.C31H19N5O/c1-3-11-25(12-4-1)37-42-38(26-13-5-2-6-14-26)44-39(43-37)29-19-21-31-28(23-29)20-22-35-36(31)45-40(41-35)34-24-27-15-7-8-16-30(27)32-17-9-10-18-33(32)34;1-3-10-23(11-4-1)35-40-36(24-12-5-2-6-13-24)42-37(41-35)26-18-20-27-25(22-26)19-21-31-34(27)44-38(39-31)30-16-9-15-29-28-14-7-8-17-32(28)43-33(29)30;1-3-9-20(10-4-1)28-34-29(21-11-5-2-6-12-21)36-30(35-28)23-14-16-24-22(19-23)15-17-25-27(24)37-31(33-25)26-13-7-8-18-32-26/h1-24H;1-22H;1-19H. The summed E-state index contributed by atoms with van der Waals surface area (Å²) in [6.07, 6.45) is 1.73. The smallest absolute Gasteiger partial charge is 0.246 e. The first-order chi connectivity index (χ1) is 62.4. The van der Waals surface area contributed by atoms with Gasteiger partial charge in [0.2, 0.25) is 17.7 Å². The van der Waals surface area contributed by atoms with Gasteiger partial charge in [-0.1, -0.05) is 303 Å². The lowest BCUT2D eigenvalue weighted by Gasteiger charge is -2.09. The molecule has 17 aromatic carbocycles. The highest BCUT2D eigenvalue weighted by atomic mass is 16.4. The maximum Gasteiger partial charge on any atom is 0.246 e. The van der Waals surface area contributed by atoms with Crippen molar-refractivity contribution in [3.8, 4) is 137 Å². The quantitative estimate of drug-likeness (QED) is 0.104. The zero-order valence-corrected chi connectivity index (χ0v) is 67.0. The van der Waals surface area contributed by atoms with Gasteiger partial charge in [-0.15, -0.1) is 0 Å². The summed E-state index contributed by atoms with van der Waals surface area (Å²) in [7, 11) is 0. The summed E-state index contributed by atoms with van der Waals surface area (Å²) in [6.45, 7) is 0. The van der Waals surface area contributed by atoms with Crippen LogP contribution in [0.5, 0.6) is 0 Å². The highest BCUT2D eigenvalue weighted by Crippen LogP contribution is 2.43. The summed E-state index contributed by atoms with van der Waals surface area (Å²) < 4.78 is 25.4. The number of aromatic nitrogens is 13. The average Bonchev–Trinajstić information content (AvgIpc) is 1.60. The van der Waals surface area contributed by atoms with Crippen LogP contribution in [-0.4, -0.2) is 64.8 Å². The van der Waals surface area contributed by atoms with Gasteiger partial charge in [-0.25, -0.2) is 59.8 Å². The molecule has 0 aliphatic heterocycles. The summed E-state index contributed by atoms with van der Waals surface area (Å²) in [5.41, 5.74) is 17.1. The largest absolute Gasteiger partial charge is 0.455 e. The number of para-hydroxylation sites is 2. The van der Waals surface area contributed by atoms with Crippen LogP contribution in [0.25, 0.3) is 246 Å². The van der Waals surface area contributed by atoms with Crippen molar-refractivity contribution in [2.45, 2.75) is 0 Å². The van der Waals surface area contributed by atoms with E-state index < -0.39 is 0 Å². The molecule has 25 rings (SSSR count). The van der Waals surface area contributed by atoms with Crippen LogP contribution >= 0.6 is 0 Å². The Balaban J connectivity index is 0.000000109. The second kappa shape index (κ2) is 31.5. The van der Waals surface area contributed by atoms with E-state index in [1.54, 1.807) is 6.20 Å². The Kier molecular flexibility index (Phi) is 18.4. The lowest BCUT2D eigenvalue weighted by molar-refractivity contribution is 0.618. The fourth-order valence-electron chi connectivity index (χ4n) is 16.3. The van der Waals surface area contributed by atoms with Crippen LogP contribution in [0.1, 0.15) is 0 Å². The predicted molar refractivity (Wildman–Crippen MR) is 500 cm³/mol. The zero-order chi connectivity index (χ0) is 83.4. The summed E-state index contributed by atoms with van der Waals surface area (Å²) in [5, 5.41) is 12.7. The molecule has 25 aromatic rings. The van der Waals surface area contributed by atoms with E-state index >= 15 is 0 Å². The summed E-state index contributed by atoms with van der Waals surface area (Å²) >= 11 is 0. The lowest BCUT2D eigenvalue weighted by Crippen LogP contribution is -2.00. The fraction of sp³-hybridized carbons (Fsp3) is 0. The van der Waals surface area contributed by atoms with Crippen molar-refractivity contribution in [1.29, 1.82) is 0 Å². The van der Waals surface area contributed by atoms with Crippen LogP contribution in [0.2, 0.25) is 0 Å². The van der Waals surface area contributed by atoms with Gasteiger partial charge < -0.3 is 17.7 Å². The van der Waals surface area contributed by atoms with E-state index in [1.165, 1.54) is 10.8 Å². The van der Waals surface area contributed by atoms with Gasteiger partial charge in [0.1, 0.15) is 33.4 Å². The number of benzene rings is 17. The maximum absolute atomic E-state index is 6.57. The second-order valence-electron chi connectivity index (χ2n) is 30.4. The number of hydrogen-bond acceptors (Lipinski definition) is 17. The number of rotatable bonds is 12. The monoisotopic (exact) mass is 1620 g/mol. The number of fused-ring (bicyclic) bond motifs is 15. The minimum atomic E-state index is 0.504. The Morgan fingerprint density at radius 3 is 0.905 bits per heavy atom. The molecule has 0 unspecified atom stereocenters. The summed E-state index contributed by atoms with van der Waals surface area (Å²) in [5.74, 6) is 7.28. The number of pyridine rings is 1. The van der Waals surface area contributed by atoms with Crippen molar-refractivity contribution in [3.63, 3.8) is 0 Å². The Hall–Kier alpha value is -17.6. The number of oxazole rings is 3. The molecular weight excluding hydrogens is 1560 g/mol. The van der Waals surface area contributed by atoms with Crippen molar-refractivity contribution in [1.82, 2.24) is 64.8 Å². The first-order valence-electron chi connectivity index (χ1n) is 41.2. The first-order valence-corrected chi connectivity index (χ1v) is 41.2. The van der Waals surface area contributed by atoms with Gasteiger partial charge >= 0.3 is 0 Å². The molecule has 17 heteroatoms. The van der Waals surface area contributed by atoms with Crippen molar-refractivity contribution in [3.05, 3.63) is 394 Å². The molecule has 0 amide bonds. The molecule has 0 saturated carbocycles. The van der Waals surface area contributed by atoms with Gasteiger partial charge in [0.15, 0.2) is 69.2 Å². The van der Waals surface area contributed by atoms with Gasteiger partial charge in [0.05, 0.1) is 5.56 Å². The minimum Gasteiger partial charge on any atom is -0.455 e. The van der Waals surface area contributed by atoms with E-state index in [9.17, 15) is 0 Å². The molecule has 0 bridgehead atoms. The van der Waals surface area contributed by atoms with E-state index in [0.717, 1.165) is 160 Å². The number of hydrogen-bond donors (Lipinski definition) is 0. The molecule has 0 spiro atoms. The van der Waals surface area contributed by atoms with Crippen LogP contribution in [0.4, 0.5) is 0 Å². The lowest BCUT2D eigenvalue weighted by atomic mass is 9.97. The van der Waals surface area contributed by atoms with Crippen molar-refractivity contribution < 1.29 is 17.7 Å². The van der Waals surface area contributed by atoms with Gasteiger partial charge in [0, 0.05) is 88.8 Å². The minimum absolute atomic E-state index is 0.504. The number of furan rings is 1. The number of nitrogens with zero attached hydrogens (tertiary/aromatic N) is 13. The molecule has 0 aliphatic carbocycles. The molecule has 0 aliphatic rings. The van der Waals surface area contributed by atoms with Crippen LogP contribution in [0.15, 0.2) is 412 Å². The third-order valence-electron chi connectivity index (χ3n) is 22.5. The fourth-order valence-corrected chi connectivity index (χ4v) is 16.3. The van der Waals surface area contributed by atoms with Gasteiger partial charge in [0.25, 0.3) is 0 Å². The third-order valence-corrected chi connectivity index (χ3v) is 22.5. The normalized spacial score (nSPS) is 11.5. The van der Waals surface area contributed by atoms with Crippen LogP contribution < -0.4 is 0 Å². The summed E-state index contributed by atoms with van der Waals surface area (Å²) in [6, 6.07) is 130. The molecule has 590 valence electrons. The predicted octanol–water partition coefficient (Wildman–Crippen LogP) is 27.1. The van der Waals surface area contributed by atoms with E-state index in [2.05, 4.69) is 119 Å². The van der Waals surface area contributed by atoms with Gasteiger partial charge in [-0.05, 0) is 123 Å². The average molecular weight is 1620 g/mol. The SMILES string of the molecule is c1ccc(-c2nc(-c3ccccc3)nc(-c3ccc4c(ccc5nc(-c6cc7ccccc7c7ccccc67)oc54)c3)n2)cc1.c1ccc(-c2nc(-c3ccccc3)nc(-c3ccc4c(ccc5nc(-c6cccc7c6oc6ccccc67)oc54)c3)n2)cc1.c1ccc(-c2nc(-c3ccccc3)nc(-c3ccc4c(ccc5nc(-c6ccccn6)oc54)c3)n2)cc1. The van der Waals surface area contributed by atoms with Crippen molar-refractivity contribution in [2.24, 2.45) is 0 Å². The van der Waals surface area contributed by atoms with E-state index in [0.29, 0.717) is 75.8 Å². The van der Waals surface area contributed by atoms with E-state index in [1.807, 2.05) is 279 Å². The molecule has 17 nitrogen and oxygen atoms in total. The Morgan fingerprint density at radius 2 is 0.492 bits per heavy atom. The van der Waals surface area contributed by atoms with Gasteiger partial charge in [-0.3, -0.25) is 4.98 Å². The Bertz CT molecular complexity index is 8300. The Labute approximate surface area is 718 Å². The van der Waals surface area contributed by atoms with E-state index in [-0.39, 0.29) is 0 Å². The van der Waals surface area contributed by atoms with Crippen LogP contribution in [0, 0.1) is 0 Å². The first kappa shape index (κ1) is 73.6. The molecule has 0 fully saturated rings. The highest BCUT2D eigenvalue weighted by molar-refractivity contribution is 6.15. The Morgan fingerprint density at radius 1 is 0.167 bits per heavy atom. The molecule has 0 atom stereocenters. The molecule has 0 saturated heterocycles. The second-order valence-corrected chi connectivity index (χ2v) is 30.4. The molecule has 0 radical (unpaired) electrons. The van der Waals surface area contributed by atoms with Gasteiger partial charge in [-0.2, -0.15) is 0 Å². The van der Waals surface area contributed by atoms with Crippen molar-refractivity contribution >= 4 is 109 Å². The molecule has 0 N–H and O–H groups in total. The molecule has 8 heterocycles. The topological polar surface area (TPSA) is 220 Å².